The van der Waals surface area contributed by atoms with E-state index in [1.165, 1.54) is 25.7 Å². The average Bonchev–Trinajstić information content (AvgIpc) is 3.46. The third-order valence-electron chi connectivity index (χ3n) is 5.30. The molecule has 2 heterocycles. The van der Waals surface area contributed by atoms with Crippen molar-refractivity contribution in [2.45, 2.75) is 52.5 Å². The molecular weight excluding hydrogens is 372 g/mol. The number of hydrogen-bond donors (Lipinski definition) is 2. The van der Waals surface area contributed by atoms with Crippen molar-refractivity contribution in [1.29, 1.82) is 0 Å². The topological polar surface area (TPSA) is 71.7 Å². The van der Waals surface area contributed by atoms with E-state index in [0.29, 0.717) is 17.9 Å². The van der Waals surface area contributed by atoms with Gasteiger partial charge in [0.25, 0.3) is 0 Å². The largest absolute Gasteiger partial charge is 0.443 e. The second kappa shape index (κ2) is 10.6. The predicted molar refractivity (Wildman–Crippen MR) is 115 cm³/mol. The van der Waals surface area contributed by atoms with Crippen LogP contribution < -0.4 is 10.6 Å². The molecule has 1 aliphatic rings. The standard InChI is InChI=1S/C21H32N4O2S/c1-3-22-20(24-16-21(9-5-6-10-21)11-12-26-4-2)23-14-17-15-27-19(25-17)18-8-7-13-28-18/h7-8,13,15H,3-6,9-12,14,16H2,1-2H3,(H2,22,23,24). The Kier molecular flexibility index (Phi) is 7.91. The summed E-state index contributed by atoms with van der Waals surface area (Å²) in [5.41, 5.74) is 1.17. The zero-order valence-electron chi connectivity index (χ0n) is 17.0. The fourth-order valence-electron chi connectivity index (χ4n) is 3.74. The van der Waals surface area contributed by atoms with Crippen molar-refractivity contribution >= 4 is 17.3 Å². The van der Waals surface area contributed by atoms with Crippen LogP contribution in [0.1, 0.15) is 51.6 Å². The fourth-order valence-corrected chi connectivity index (χ4v) is 4.39. The van der Waals surface area contributed by atoms with Gasteiger partial charge >= 0.3 is 0 Å². The summed E-state index contributed by atoms with van der Waals surface area (Å²) in [5.74, 6) is 1.50. The SMILES string of the molecule is CCNC(=NCc1coc(-c2cccs2)n1)NCC1(CCOCC)CCCC1. The van der Waals surface area contributed by atoms with Crippen LogP contribution in [-0.2, 0) is 11.3 Å². The zero-order chi connectivity index (χ0) is 19.7. The molecular formula is C21H32N4O2S. The van der Waals surface area contributed by atoms with Gasteiger partial charge in [0, 0.05) is 26.3 Å². The van der Waals surface area contributed by atoms with Gasteiger partial charge in [0.1, 0.15) is 12.0 Å². The molecule has 1 aliphatic carbocycles. The molecule has 0 aromatic carbocycles. The Morgan fingerprint density at radius 2 is 2.18 bits per heavy atom. The van der Waals surface area contributed by atoms with E-state index >= 15 is 0 Å². The Bertz CT molecular complexity index is 721. The van der Waals surface area contributed by atoms with Crippen molar-refractivity contribution in [3.63, 3.8) is 0 Å². The summed E-state index contributed by atoms with van der Waals surface area (Å²) in [6, 6.07) is 4.01. The highest BCUT2D eigenvalue weighted by molar-refractivity contribution is 7.13. The molecule has 0 amide bonds. The summed E-state index contributed by atoms with van der Waals surface area (Å²) in [7, 11) is 0. The maximum Gasteiger partial charge on any atom is 0.236 e. The first-order valence-corrected chi connectivity index (χ1v) is 11.2. The van der Waals surface area contributed by atoms with Crippen LogP contribution in [0.3, 0.4) is 0 Å². The summed E-state index contributed by atoms with van der Waals surface area (Å²) in [6.45, 7) is 8.04. The average molecular weight is 405 g/mol. The lowest BCUT2D eigenvalue weighted by Crippen LogP contribution is -2.43. The number of ether oxygens (including phenoxy) is 1. The third kappa shape index (κ3) is 5.82. The van der Waals surface area contributed by atoms with Gasteiger partial charge in [-0.1, -0.05) is 18.9 Å². The number of nitrogens with one attached hydrogen (secondary N) is 2. The van der Waals surface area contributed by atoms with E-state index in [-0.39, 0.29) is 0 Å². The predicted octanol–water partition coefficient (Wildman–Crippen LogP) is 4.45. The molecule has 1 saturated carbocycles. The normalized spacial score (nSPS) is 16.4. The highest BCUT2D eigenvalue weighted by Crippen LogP contribution is 2.40. The molecule has 2 N–H and O–H groups in total. The van der Waals surface area contributed by atoms with Crippen molar-refractivity contribution in [1.82, 2.24) is 15.6 Å². The Morgan fingerprint density at radius 1 is 1.32 bits per heavy atom. The van der Waals surface area contributed by atoms with Crippen LogP contribution in [0.2, 0.25) is 0 Å². The second-order valence-corrected chi connectivity index (χ2v) is 8.27. The van der Waals surface area contributed by atoms with E-state index in [1.807, 2.05) is 17.5 Å². The summed E-state index contributed by atoms with van der Waals surface area (Å²) >= 11 is 1.62. The van der Waals surface area contributed by atoms with E-state index in [9.17, 15) is 0 Å². The molecule has 0 spiro atoms. The molecule has 2 aromatic rings. The van der Waals surface area contributed by atoms with Gasteiger partial charge in [0.2, 0.25) is 5.89 Å². The number of guanidine groups is 1. The van der Waals surface area contributed by atoms with E-state index in [2.05, 4.69) is 29.5 Å². The quantitative estimate of drug-likeness (QED) is 0.348. The Hall–Kier alpha value is -1.86. The summed E-state index contributed by atoms with van der Waals surface area (Å²) in [4.78, 5) is 10.3. The molecule has 0 bridgehead atoms. The van der Waals surface area contributed by atoms with Crippen molar-refractivity contribution in [3.8, 4) is 10.8 Å². The number of aromatic nitrogens is 1. The lowest BCUT2D eigenvalue weighted by Gasteiger charge is -2.30. The fraction of sp³-hybridized carbons (Fsp3) is 0.619. The second-order valence-electron chi connectivity index (χ2n) is 7.32. The maximum absolute atomic E-state index is 5.62. The number of aliphatic imine (C=N–C) groups is 1. The minimum Gasteiger partial charge on any atom is -0.443 e. The van der Waals surface area contributed by atoms with Crippen molar-refractivity contribution in [3.05, 3.63) is 29.5 Å². The molecule has 6 nitrogen and oxygen atoms in total. The van der Waals surface area contributed by atoms with Gasteiger partial charge in [-0.3, -0.25) is 0 Å². The third-order valence-corrected chi connectivity index (χ3v) is 6.16. The van der Waals surface area contributed by atoms with Crippen LogP contribution in [0.5, 0.6) is 0 Å². The number of hydrogen-bond acceptors (Lipinski definition) is 5. The summed E-state index contributed by atoms with van der Waals surface area (Å²) < 4.78 is 11.2. The number of thiophene rings is 1. The minimum atomic E-state index is 0.325. The van der Waals surface area contributed by atoms with E-state index in [4.69, 9.17) is 14.1 Å². The van der Waals surface area contributed by atoms with Gasteiger partial charge in [-0.05, 0) is 50.0 Å². The lowest BCUT2D eigenvalue weighted by atomic mass is 9.83. The molecule has 28 heavy (non-hydrogen) atoms. The molecule has 154 valence electrons. The minimum absolute atomic E-state index is 0.325. The van der Waals surface area contributed by atoms with Gasteiger partial charge in [0.05, 0.1) is 11.4 Å². The van der Waals surface area contributed by atoms with E-state index in [0.717, 1.165) is 49.3 Å². The van der Waals surface area contributed by atoms with E-state index in [1.54, 1.807) is 17.6 Å². The van der Waals surface area contributed by atoms with Gasteiger partial charge in [-0.2, -0.15) is 0 Å². The molecule has 7 heteroatoms. The monoisotopic (exact) mass is 404 g/mol. The highest BCUT2D eigenvalue weighted by Gasteiger charge is 2.33. The Balaban J connectivity index is 1.57. The van der Waals surface area contributed by atoms with Gasteiger partial charge in [-0.25, -0.2) is 9.98 Å². The van der Waals surface area contributed by atoms with Crippen LogP contribution >= 0.6 is 11.3 Å². The summed E-state index contributed by atoms with van der Waals surface area (Å²) in [6.07, 6.45) is 7.96. The zero-order valence-corrected chi connectivity index (χ0v) is 17.8. The Morgan fingerprint density at radius 3 is 2.89 bits per heavy atom. The number of nitrogens with zero attached hydrogens (tertiary/aromatic N) is 2. The van der Waals surface area contributed by atoms with Crippen LogP contribution in [0.4, 0.5) is 0 Å². The molecule has 0 unspecified atom stereocenters. The smallest absolute Gasteiger partial charge is 0.236 e. The van der Waals surface area contributed by atoms with Crippen LogP contribution in [-0.4, -0.2) is 37.2 Å². The van der Waals surface area contributed by atoms with Gasteiger partial charge < -0.3 is 19.8 Å². The first kappa shape index (κ1) is 20.9. The van der Waals surface area contributed by atoms with E-state index < -0.39 is 0 Å². The van der Waals surface area contributed by atoms with Crippen molar-refractivity contribution in [2.24, 2.45) is 10.4 Å². The molecule has 0 aliphatic heterocycles. The maximum atomic E-state index is 5.62. The van der Waals surface area contributed by atoms with Crippen LogP contribution in [0.25, 0.3) is 10.8 Å². The Labute approximate surface area is 171 Å². The van der Waals surface area contributed by atoms with Crippen molar-refractivity contribution in [2.75, 3.05) is 26.3 Å². The first-order chi connectivity index (χ1) is 13.7. The highest BCUT2D eigenvalue weighted by atomic mass is 32.1. The molecule has 0 saturated heterocycles. The van der Waals surface area contributed by atoms with Crippen molar-refractivity contribution < 1.29 is 9.15 Å². The number of rotatable bonds is 10. The lowest BCUT2D eigenvalue weighted by molar-refractivity contribution is 0.105. The molecule has 0 atom stereocenters. The van der Waals surface area contributed by atoms with Gasteiger partial charge in [0.15, 0.2) is 5.96 Å². The molecule has 2 aromatic heterocycles. The molecule has 1 fully saturated rings. The first-order valence-electron chi connectivity index (χ1n) is 10.3. The molecule has 3 rings (SSSR count). The molecule has 0 radical (unpaired) electrons. The van der Waals surface area contributed by atoms with Gasteiger partial charge in [-0.15, -0.1) is 11.3 Å². The van der Waals surface area contributed by atoms with Crippen LogP contribution in [0, 0.1) is 5.41 Å². The number of oxazole rings is 1. The van der Waals surface area contributed by atoms with Crippen LogP contribution in [0.15, 0.2) is 33.2 Å². The summed E-state index contributed by atoms with van der Waals surface area (Å²) in [5, 5.41) is 8.93.